The maximum atomic E-state index is 13.3. The summed E-state index contributed by atoms with van der Waals surface area (Å²) in [5, 5.41) is 1.07. The quantitative estimate of drug-likeness (QED) is 0.564. The first kappa shape index (κ1) is 21.6. The van der Waals surface area contributed by atoms with Gasteiger partial charge in [0, 0.05) is 37.7 Å². The molecule has 0 radical (unpaired) electrons. The lowest BCUT2D eigenvalue weighted by molar-refractivity contribution is 0.0707. The molecule has 1 aromatic heterocycles. The molecule has 2 aromatic carbocycles. The second kappa shape index (κ2) is 8.92. The van der Waals surface area contributed by atoms with Crippen LogP contribution in [0.25, 0.3) is 10.2 Å². The van der Waals surface area contributed by atoms with Crippen LogP contribution in [0.2, 0.25) is 0 Å². The van der Waals surface area contributed by atoms with Crippen molar-refractivity contribution in [3.63, 3.8) is 0 Å². The van der Waals surface area contributed by atoms with Crippen molar-refractivity contribution < 1.29 is 13.2 Å². The van der Waals surface area contributed by atoms with Gasteiger partial charge in [-0.05, 0) is 56.0 Å². The normalized spacial score (nSPS) is 20.5. The molecule has 2 aliphatic heterocycles. The van der Waals surface area contributed by atoms with Crippen LogP contribution in [0.4, 0.5) is 0 Å². The molecule has 0 bridgehead atoms. The lowest BCUT2D eigenvalue weighted by Crippen LogP contribution is -2.39. The number of para-hydroxylation sites is 1. The van der Waals surface area contributed by atoms with Crippen molar-refractivity contribution in [2.75, 3.05) is 26.2 Å². The van der Waals surface area contributed by atoms with Gasteiger partial charge in [-0.25, -0.2) is 13.4 Å². The fraction of sp³-hybridized carbons (Fsp3) is 0.417. The van der Waals surface area contributed by atoms with Gasteiger partial charge in [0.25, 0.3) is 5.91 Å². The van der Waals surface area contributed by atoms with Gasteiger partial charge in [-0.15, -0.1) is 11.3 Å². The topological polar surface area (TPSA) is 70.6 Å². The lowest BCUT2D eigenvalue weighted by Gasteiger charge is -2.32. The van der Waals surface area contributed by atoms with Crippen LogP contribution >= 0.6 is 11.3 Å². The molecule has 0 N–H and O–H groups in total. The minimum absolute atomic E-state index is 0.105. The van der Waals surface area contributed by atoms with Crippen LogP contribution in [0.1, 0.15) is 53.4 Å². The Morgan fingerprint density at radius 2 is 1.78 bits per heavy atom. The van der Waals surface area contributed by atoms with Gasteiger partial charge < -0.3 is 4.90 Å². The van der Waals surface area contributed by atoms with Gasteiger partial charge in [-0.3, -0.25) is 4.79 Å². The Kier molecular flexibility index (Phi) is 6.01. The molecule has 1 amide bonds. The minimum atomic E-state index is -3.56. The van der Waals surface area contributed by atoms with Crippen LogP contribution in [0.3, 0.4) is 0 Å². The molecule has 0 aliphatic carbocycles. The number of piperidine rings is 2. The van der Waals surface area contributed by atoms with Crippen molar-refractivity contribution in [1.82, 2.24) is 14.2 Å². The van der Waals surface area contributed by atoms with E-state index in [0.29, 0.717) is 31.7 Å². The number of rotatable bonds is 4. The van der Waals surface area contributed by atoms with Crippen molar-refractivity contribution in [3.05, 3.63) is 59.1 Å². The Hall–Kier alpha value is -2.29. The Balaban J connectivity index is 1.35. The molecule has 3 aromatic rings. The van der Waals surface area contributed by atoms with Gasteiger partial charge in [-0.1, -0.05) is 24.6 Å². The smallest absolute Gasteiger partial charge is 0.253 e. The van der Waals surface area contributed by atoms with Gasteiger partial charge in [-0.2, -0.15) is 4.31 Å². The van der Waals surface area contributed by atoms with E-state index in [2.05, 4.69) is 6.07 Å². The maximum Gasteiger partial charge on any atom is 0.253 e. The first-order valence-corrected chi connectivity index (χ1v) is 13.5. The number of sulfonamides is 1. The SMILES string of the molecule is O=C(c1cccc(S(=O)(=O)N2CCCCC2)c1)N1CCC[C@@H](c2nc3ccccc3s2)C1. The van der Waals surface area contributed by atoms with E-state index in [4.69, 9.17) is 4.98 Å². The van der Waals surface area contributed by atoms with E-state index in [1.54, 1.807) is 39.9 Å². The highest BCUT2D eigenvalue weighted by Crippen LogP contribution is 2.33. The van der Waals surface area contributed by atoms with Crippen LogP contribution in [0.15, 0.2) is 53.4 Å². The number of hydrogen-bond donors (Lipinski definition) is 0. The summed E-state index contributed by atoms with van der Waals surface area (Å²) in [7, 11) is -3.56. The molecule has 32 heavy (non-hydrogen) atoms. The van der Waals surface area contributed by atoms with Crippen molar-refractivity contribution in [2.45, 2.75) is 42.9 Å². The number of thiazole rings is 1. The molecule has 3 heterocycles. The molecule has 2 fully saturated rings. The fourth-order valence-corrected chi connectivity index (χ4v) is 7.31. The molecule has 6 nitrogen and oxygen atoms in total. The molecule has 1 atom stereocenters. The average molecular weight is 470 g/mol. The third-order valence-corrected chi connectivity index (χ3v) is 9.50. The van der Waals surface area contributed by atoms with E-state index in [0.717, 1.165) is 42.6 Å². The van der Waals surface area contributed by atoms with Crippen LogP contribution in [0.5, 0.6) is 0 Å². The highest BCUT2D eigenvalue weighted by atomic mass is 32.2. The molecule has 0 saturated carbocycles. The number of benzene rings is 2. The standard InChI is InChI=1S/C24H27N3O3S2/c28-24(18-8-6-10-20(16-18)32(29,30)27-14-4-1-5-15-27)26-13-7-9-19(17-26)23-25-21-11-2-3-12-22(21)31-23/h2-3,6,8,10-12,16,19H,1,4-5,7,9,13-15,17H2/t19-/m1/s1. The van der Waals surface area contributed by atoms with Crippen molar-refractivity contribution in [3.8, 4) is 0 Å². The third kappa shape index (κ3) is 4.19. The largest absolute Gasteiger partial charge is 0.338 e. The minimum Gasteiger partial charge on any atom is -0.338 e. The Morgan fingerprint density at radius 3 is 2.59 bits per heavy atom. The average Bonchev–Trinajstić information content (AvgIpc) is 3.29. The zero-order valence-corrected chi connectivity index (χ0v) is 19.6. The van der Waals surface area contributed by atoms with Gasteiger partial charge >= 0.3 is 0 Å². The number of carbonyl (C=O) groups excluding carboxylic acids is 1. The predicted molar refractivity (Wildman–Crippen MR) is 127 cm³/mol. The summed E-state index contributed by atoms with van der Waals surface area (Å²) < 4.78 is 28.8. The molecule has 5 rings (SSSR count). The molecular formula is C24H27N3O3S2. The number of amides is 1. The summed E-state index contributed by atoms with van der Waals surface area (Å²) in [6.07, 6.45) is 4.76. The van der Waals surface area contributed by atoms with E-state index in [1.807, 2.05) is 23.1 Å². The molecule has 8 heteroatoms. The summed E-state index contributed by atoms with van der Waals surface area (Å²) in [5.74, 6) is 0.108. The van der Waals surface area contributed by atoms with Gasteiger partial charge in [0.05, 0.1) is 20.1 Å². The van der Waals surface area contributed by atoms with Gasteiger partial charge in [0.1, 0.15) is 0 Å². The Labute approximate surface area is 192 Å². The molecule has 2 saturated heterocycles. The first-order chi connectivity index (χ1) is 15.5. The second-order valence-corrected chi connectivity index (χ2v) is 11.6. The van der Waals surface area contributed by atoms with Crippen LogP contribution in [-0.4, -0.2) is 54.7 Å². The van der Waals surface area contributed by atoms with Gasteiger partial charge in [0.2, 0.25) is 10.0 Å². The number of carbonyl (C=O) groups is 1. The van der Waals surface area contributed by atoms with Crippen LogP contribution in [0, 0.1) is 0 Å². The Morgan fingerprint density at radius 1 is 0.969 bits per heavy atom. The zero-order chi connectivity index (χ0) is 22.1. The first-order valence-electron chi connectivity index (χ1n) is 11.3. The van der Waals surface area contributed by atoms with E-state index in [-0.39, 0.29) is 16.7 Å². The molecule has 0 spiro atoms. The van der Waals surface area contributed by atoms with Crippen molar-refractivity contribution >= 4 is 37.5 Å². The summed E-state index contributed by atoms with van der Waals surface area (Å²) in [4.78, 5) is 20.2. The van der Waals surface area contributed by atoms with Crippen molar-refractivity contribution in [1.29, 1.82) is 0 Å². The fourth-order valence-electron chi connectivity index (χ4n) is 4.65. The van der Waals surface area contributed by atoms with E-state index >= 15 is 0 Å². The van der Waals surface area contributed by atoms with E-state index < -0.39 is 10.0 Å². The summed E-state index contributed by atoms with van der Waals surface area (Å²) in [6.45, 7) is 2.40. The molecule has 2 aliphatic rings. The highest BCUT2D eigenvalue weighted by Gasteiger charge is 2.30. The van der Waals surface area contributed by atoms with Crippen molar-refractivity contribution in [2.24, 2.45) is 0 Å². The lowest BCUT2D eigenvalue weighted by atomic mass is 9.98. The Bertz CT molecular complexity index is 1200. The monoisotopic (exact) mass is 469 g/mol. The van der Waals surface area contributed by atoms with Gasteiger partial charge in [0.15, 0.2) is 0 Å². The zero-order valence-electron chi connectivity index (χ0n) is 17.9. The third-order valence-electron chi connectivity index (χ3n) is 6.40. The maximum absolute atomic E-state index is 13.3. The number of nitrogens with zero attached hydrogens (tertiary/aromatic N) is 3. The van der Waals surface area contributed by atoms with E-state index in [1.165, 1.54) is 4.70 Å². The number of fused-ring (bicyclic) bond motifs is 1. The summed E-state index contributed by atoms with van der Waals surface area (Å²) >= 11 is 1.70. The highest BCUT2D eigenvalue weighted by molar-refractivity contribution is 7.89. The number of likely N-dealkylation sites (tertiary alicyclic amines) is 1. The summed E-state index contributed by atoms with van der Waals surface area (Å²) in [5.41, 5.74) is 1.44. The molecule has 168 valence electrons. The summed E-state index contributed by atoms with van der Waals surface area (Å²) in [6, 6.07) is 14.7. The van der Waals surface area contributed by atoms with Crippen LogP contribution < -0.4 is 0 Å². The number of aromatic nitrogens is 1. The second-order valence-electron chi connectivity index (χ2n) is 8.60. The molecule has 0 unspecified atom stereocenters. The molecular weight excluding hydrogens is 442 g/mol. The predicted octanol–water partition coefficient (Wildman–Crippen LogP) is 4.49. The number of hydrogen-bond acceptors (Lipinski definition) is 5. The van der Waals surface area contributed by atoms with Crippen LogP contribution in [-0.2, 0) is 10.0 Å². The van der Waals surface area contributed by atoms with E-state index in [9.17, 15) is 13.2 Å².